The zero-order valence-corrected chi connectivity index (χ0v) is 8.91. The number of hydrogen-bond acceptors (Lipinski definition) is 3. The molecule has 0 aromatic heterocycles. The van der Waals surface area contributed by atoms with Crippen LogP contribution in [0.5, 0.6) is 0 Å². The highest BCUT2D eigenvalue weighted by Crippen LogP contribution is 2.06. The zero-order valence-electron chi connectivity index (χ0n) is 8.91. The molecule has 0 aromatic rings. The first-order chi connectivity index (χ1) is 7.83. The molecule has 0 bridgehead atoms. The molecule has 1 aliphatic rings. The van der Waals surface area contributed by atoms with Crippen LogP contribution in [0, 0.1) is 0 Å². The van der Waals surface area contributed by atoms with Gasteiger partial charge in [-0.25, -0.2) is 4.79 Å². The van der Waals surface area contributed by atoms with Crippen LogP contribution in [-0.2, 0) is 9.47 Å². The first-order valence-electron chi connectivity index (χ1n) is 4.95. The lowest BCUT2D eigenvalue weighted by atomic mass is 10.3. The Balaban J connectivity index is 2.23. The Hall–Kier alpha value is -2.03. The average molecular weight is 218 g/mol. The van der Waals surface area contributed by atoms with E-state index in [1.807, 2.05) is 42.5 Å². The van der Waals surface area contributed by atoms with Crippen LogP contribution >= 0.6 is 0 Å². The summed E-state index contributed by atoms with van der Waals surface area (Å²) in [5, 5.41) is 0. The highest BCUT2D eigenvalue weighted by molar-refractivity contribution is 5.62. The summed E-state index contributed by atoms with van der Waals surface area (Å²) < 4.78 is 9.42. The van der Waals surface area contributed by atoms with Crippen molar-refractivity contribution in [3.63, 3.8) is 0 Å². The van der Waals surface area contributed by atoms with Gasteiger partial charge >= 0.3 is 6.16 Å². The molecule has 0 aromatic carbocycles. The number of carbonyl (C=O) groups excluding carboxylic acids is 1. The second-order valence-electron chi connectivity index (χ2n) is 2.99. The van der Waals surface area contributed by atoms with E-state index in [9.17, 15) is 4.79 Å². The molecule has 0 aliphatic carbocycles. The van der Waals surface area contributed by atoms with Gasteiger partial charge in [0.15, 0.2) is 6.10 Å². The molecule has 0 radical (unpaired) electrons. The van der Waals surface area contributed by atoms with Gasteiger partial charge in [-0.1, -0.05) is 55.2 Å². The minimum Gasteiger partial charge on any atom is -0.430 e. The number of ether oxygens (including phenoxy) is 2. The topological polar surface area (TPSA) is 35.5 Å². The molecule has 3 heteroatoms. The van der Waals surface area contributed by atoms with Gasteiger partial charge in [-0.05, 0) is 6.08 Å². The van der Waals surface area contributed by atoms with Crippen molar-refractivity contribution in [2.24, 2.45) is 0 Å². The summed E-state index contributed by atoms with van der Waals surface area (Å²) in [5.74, 6) is 0. The van der Waals surface area contributed by atoms with Gasteiger partial charge in [0.05, 0.1) is 0 Å². The van der Waals surface area contributed by atoms with Crippen molar-refractivity contribution in [1.29, 1.82) is 0 Å². The van der Waals surface area contributed by atoms with Crippen molar-refractivity contribution in [3.05, 3.63) is 61.3 Å². The van der Waals surface area contributed by atoms with E-state index in [-0.39, 0.29) is 6.10 Å². The van der Waals surface area contributed by atoms with Crippen LogP contribution in [0.1, 0.15) is 0 Å². The third kappa shape index (κ3) is 5.00. The summed E-state index contributed by atoms with van der Waals surface area (Å²) in [6.45, 7) is 3.85. The minimum absolute atomic E-state index is 0.262. The fourth-order valence-corrected chi connectivity index (χ4v) is 1.02. The molecule has 1 heterocycles. The smallest absolute Gasteiger partial charge is 0.430 e. The molecule has 1 atom stereocenters. The molecule has 1 unspecified atom stereocenters. The monoisotopic (exact) mass is 218 g/mol. The van der Waals surface area contributed by atoms with Crippen LogP contribution in [0.2, 0.25) is 0 Å². The summed E-state index contributed by atoms with van der Waals surface area (Å²) >= 11 is 0. The van der Waals surface area contributed by atoms with Gasteiger partial charge < -0.3 is 9.47 Å². The maximum absolute atomic E-state index is 10.6. The Morgan fingerprint density at radius 3 is 2.25 bits per heavy atom. The lowest BCUT2D eigenvalue weighted by Crippen LogP contribution is -2.04. The number of hydrogen-bond donors (Lipinski definition) is 0. The summed E-state index contributed by atoms with van der Waals surface area (Å²) in [5.41, 5.74) is 0. The van der Waals surface area contributed by atoms with E-state index in [0.29, 0.717) is 6.61 Å². The van der Waals surface area contributed by atoms with Gasteiger partial charge in [-0.2, -0.15) is 0 Å². The standard InChI is InChI=1S/C13H14O3/c1-2-3-4-5-6-7-8-9-10-12-11-15-13(14)16-12/h2-10,12H,1,11H2/b4-3+,6-5+,8-7+,10-9+. The first-order valence-corrected chi connectivity index (χ1v) is 4.95. The summed E-state index contributed by atoms with van der Waals surface area (Å²) in [7, 11) is 0. The molecule has 0 spiro atoms. The van der Waals surface area contributed by atoms with Gasteiger partial charge in [0.1, 0.15) is 6.61 Å². The van der Waals surface area contributed by atoms with E-state index in [1.165, 1.54) is 0 Å². The molecule has 1 fully saturated rings. The van der Waals surface area contributed by atoms with Crippen LogP contribution in [0.15, 0.2) is 61.3 Å². The van der Waals surface area contributed by atoms with E-state index in [0.717, 1.165) is 0 Å². The Bertz CT molecular complexity index is 348. The second kappa shape index (κ2) is 7.29. The maximum Gasteiger partial charge on any atom is 0.509 e. The zero-order chi connectivity index (χ0) is 11.6. The van der Waals surface area contributed by atoms with Crippen molar-refractivity contribution in [2.75, 3.05) is 6.61 Å². The van der Waals surface area contributed by atoms with Crippen molar-refractivity contribution in [2.45, 2.75) is 6.10 Å². The SMILES string of the molecule is C=C/C=C/C=C/C=C/C=C/C1COC(=O)O1. The fourth-order valence-electron chi connectivity index (χ4n) is 1.02. The number of carbonyl (C=O) groups is 1. The van der Waals surface area contributed by atoms with Gasteiger partial charge in [0.25, 0.3) is 0 Å². The van der Waals surface area contributed by atoms with Gasteiger partial charge in [0.2, 0.25) is 0 Å². The van der Waals surface area contributed by atoms with Crippen molar-refractivity contribution >= 4 is 6.16 Å². The van der Waals surface area contributed by atoms with Crippen LogP contribution < -0.4 is 0 Å². The van der Waals surface area contributed by atoms with Gasteiger partial charge in [0, 0.05) is 0 Å². The minimum atomic E-state index is -0.604. The molecule has 0 amide bonds. The largest absolute Gasteiger partial charge is 0.509 e. The fraction of sp³-hybridized carbons (Fsp3) is 0.154. The molecule has 3 nitrogen and oxygen atoms in total. The normalized spacial score (nSPS) is 21.2. The highest BCUT2D eigenvalue weighted by atomic mass is 16.8. The van der Waals surface area contributed by atoms with Crippen LogP contribution in [0.3, 0.4) is 0 Å². The number of rotatable bonds is 5. The Morgan fingerprint density at radius 2 is 1.69 bits per heavy atom. The Morgan fingerprint density at radius 1 is 1.06 bits per heavy atom. The first kappa shape index (κ1) is 12.0. The number of cyclic esters (lactones) is 2. The van der Waals surface area contributed by atoms with Crippen LogP contribution in [0.4, 0.5) is 4.79 Å². The van der Waals surface area contributed by atoms with Crippen molar-refractivity contribution in [3.8, 4) is 0 Å². The molecule has 0 saturated carbocycles. The summed E-state index contributed by atoms with van der Waals surface area (Å²) in [6, 6.07) is 0. The average Bonchev–Trinajstić information content (AvgIpc) is 2.68. The molecular weight excluding hydrogens is 204 g/mol. The second-order valence-corrected chi connectivity index (χ2v) is 2.99. The number of allylic oxidation sites excluding steroid dienone is 8. The summed E-state index contributed by atoms with van der Waals surface area (Å²) in [4.78, 5) is 10.6. The van der Waals surface area contributed by atoms with Crippen LogP contribution in [0.25, 0.3) is 0 Å². The highest BCUT2D eigenvalue weighted by Gasteiger charge is 2.21. The predicted molar refractivity (Wildman–Crippen MR) is 63.0 cm³/mol. The van der Waals surface area contributed by atoms with E-state index in [2.05, 4.69) is 11.3 Å². The van der Waals surface area contributed by atoms with Crippen molar-refractivity contribution in [1.82, 2.24) is 0 Å². The Labute approximate surface area is 95.1 Å². The lowest BCUT2D eigenvalue weighted by molar-refractivity contribution is 0.125. The maximum atomic E-state index is 10.6. The van der Waals surface area contributed by atoms with Crippen molar-refractivity contribution < 1.29 is 14.3 Å². The molecule has 0 N–H and O–H groups in total. The quantitative estimate of drug-likeness (QED) is 0.525. The van der Waals surface area contributed by atoms with E-state index >= 15 is 0 Å². The summed E-state index contributed by atoms with van der Waals surface area (Å²) in [6.07, 6.45) is 15.7. The lowest BCUT2D eigenvalue weighted by Gasteiger charge is -1.94. The Kier molecular flexibility index (Phi) is 5.48. The molecule has 1 saturated heterocycles. The molecule has 84 valence electrons. The molecule has 1 aliphatic heterocycles. The van der Waals surface area contributed by atoms with E-state index < -0.39 is 6.16 Å². The van der Waals surface area contributed by atoms with Gasteiger partial charge in [-0.15, -0.1) is 0 Å². The third-order valence-electron chi connectivity index (χ3n) is 1.74. The van der Waals surface area contributed by atoms with E-state index in [4.69, 9.17) is 4.74 Å². The molecule has 1 rings (SSSR count). The van der Waals surface area contributed by atoms with Gasteiger partial charge in [-0.3, -0.25) is 0 Å². The van der Waals surface area contributed by atoms with Crippen LogP contribution in [-0.4, -0.2) is 18.9 Å². The molecular formula is C13H14O3. The third-order valence-corrected chi connectivity index (χ3v) is 1.74. The molecule has 16 heavy (non-hydrogen) atoms. The van der Waals surface area contributed by atoms with E-state index in [1.54, 1.807) is 12.2 Å². The predicted octanol–water partition coefficient (Wildman–Crippen LogP) is 2.93.